The molecule has 0 saturated carbocycles. The van der Waals surface area contributed by atoms with E-state index in [0.29, 0.717) is 15.8 Å². The number of nitrogens with zero attached hydrogens (tertiary/aromatic N) is 2. The van der Waals surface area contributed by atoms with Gasteiger partial charge in [0.15, 0.2) is 5.11 Å². The first-order chi connectivity index (χ1) is 10.1. The smallest absolute Gasteiger partial charge is 0.281 e. The Hall–Kier alpha value is -1.69. The number of hydrogen-bond acceptors (Lipinski definition) is 3. The predicted molar refractivity (Wildman–Crippen MR) is 91.6 cm³/mol. The average molecular weight is 335 g/mol. The summed E-state index contributed by atoms with van der Waals surface area (Å²) in [5.41, 5.74) is 1.29. The molecule has 2 aromatic rings. The molecular formula is C15H11ClN2OS2. The van der Waals surface area contributed by atoms with Crippen LogP contribution in [-0.2, 0) is 4.79 Å². The van der Waals surface area contributed by atoms with E-state index in [2.05, 4.69) is 0 Å². The Kier molecular flexibility index (Phi) is 3.80. The zero-order chi connectivity index (χ0) is 15.0. The molecule has 1 saturated heterocycles. The highest BCUT2D eigenvalue weighted by molar-refractivity contribution is 7.80. The van der Waals surface area contributed by atoms with Crippen LogP contribution >= 0.6 is 35.2 Å². The Morgan fingerprint density at radius 2 is 1.95 bits per heavy atom. The number of carbonyl (C=O) groups is 1. The molecule has 1 fully saturated rings. The number of halogens is 1. The summed E-state index contributed by atoms with van der Waals surface area (Å²) in [7, 11) is 1.80. The van der Waals surface area contributed by atoms with E-state index in [-0.39, 0.29) is 5.91 Å². The SMILES string of the molecule is CN1C(=S)N(c2ccc(Cl)cc2)C(=O)C1=Cc1cccs1. The van der Waals surface area contributed by atoms with Gasteiger partial charge in [-0.3, -0.25) is 9.69 Å². The Morgan fingerprint density at radius 1 is 1.24 bits per heavy atom. The second-order valence-electron chi connectivity index (χ2n) is 4.50. The van der Waals surface area contributed by atoms with Gasteiger partial charge >= 0.3 is 0 Å². The van der Waals surface area contributed by atoms with E-state index < -0.39 is 0 Å². The fraction of sp³-hybridized carbons (Fsp3) is 0.0667. The van der Waals surface area contributed by atoms with Crippen molar-refractivity contribution in [3.8, 4) is 0 Å². The van der Waals surface area contributed by atoms with E-state index in [0.717, 1.165) is 10.6 Å². The van der Waals surface area contributed by atoms with Crippen molar-refractivity contribution in [1.82, 2.24) is 4.90 Å². The van der Waals surface area contributed by atoms with Crippen molar-refractivity contribution in [2.75, 3.05) is 11.9 Å². The largest absolute Gasteiger partial charge is 0.317 e. The second-order valence-corrected chi connectivity index (χ2v) is 6.28. The van der Waals surface area contributed by atoms with Crippen LogP contribution in [-0.4, -0.2) is 23.0 Å². The highest BCUT2D eigenvalue weighted by Gasteiger charge is 2.36. The van der Waals surface area contributed by atoms with Crippen molar-refractivity contribution in [2.24, 2.45) is 0 Å². The first-order valence-electron chi connectivity index (χ1n) is 6.21. The van der Waals surface area contributed by atoms with Gasteiger partial charge in [0.2, 0.25) is 0 Å². The lowest BCUT2D eigenvalue weighted by molar-refractivity contribution is -0.114. The van der Waals surface area contributed by atoms with Crippen LogP contribution in [0.15, 0.2) is 47.5 Å². The molecule has 6 heteroatoms. The molecule has 0 aliphatic carbocycles. The average Bonchev–Trinajstić information content (AvgIpc) is 3.05. The number of hydrogen-bond donors (Lipinski definition) is 0. The minimum atomic E-state index is -0.127. The summed E-state index contributed by atoms with van der Waals surface area (Å²) in [5.74, 6) is -0.127. The molecule has 0 N–H and O–H groups in total. The normalized spacial score (nSPS) is 17.1. The Morgan fingerprint density at radius 3 is 2.57 bits per heavy atom. The molecule has 1 aliphatic heterocycles. The molecule has 0 radical (unpaired) electrons. The fourth-order valence-corrected chi connectivity index (χ4v) is 3.15. The molecule has 1 aromatic carbocycles. The van der Waals surface area contributed by atoms with E-state index in [1.54, 1.807) is 47.5 Å². The third-order valence-electron chi connectivity index (χ3n) is 3.17. The molecule has 106 valence electrons. The lowest BCUT2D eigenvalue weighted by Gasteiger charge is -2.16. The molecule has 2 heterocycles. The topological polar surface area (TPSA) is 23.6 Å². The van der Waals surface area contributed by atoms with Crippen LogP contribution in [0.4, 0.5) is 5.69 Å². The van der Waals surface area contributed by atoms with Gasteiger partial charge in [-0.2, -0.15) is 0 Å². The van der Waals surface area contributed by atoms with Gasteiger partial charge in [0.05, 0.1) is 5.69 Å². The van der Waals surface area contributed by atoms with Crippen molar-refractivity contribution < 1.29 is 4.79 Å². The molecule has 0 bridgehead atoms. The Labute approximate surface area is 137 Å². The van der Waals surface area contributed by atoms with Crippen molar-refractivity contribution in [3.05, 3.63) is 57.4 Å². The third-order valence-corrected chi connectivity index (χ3v) is 4.70. The highest BCUT2D eigenvalue weighted by atomic mass is 35.5. The number of thiophene rings is 1. The van der Waals surface area contributed by atoms with Gasteiger partial charge < -0.3 is 4.90 Å². The van der Waals surface area contributed by atoms with E-state index in [4.69, 9.17) is 23.8 Å². The van der Waals surface area contributed by atoms with Crippen molar-refractivity contribution >= 4 is 57.9 Å². The highest BCUT2D eigenvalue weighted by Crippen LogP contribution is 2.29. The van der Waals surface area contributed by atoms with Gasteiger partial charge in [-0.05, 0) is 54.0 Å². The zero-order valence-corrected chi connectivity index (χ0v) is 13.5. The minimum Gasteiger partial charge on any atom is -0.317 e. The van der Waals surface area contributed by atoms with Gasteiger partial charge in [-0.15, -0.1) is 11.3 Å². The number of likely N-dealkylation sites (N-methyl/N-ethyl adjacent to an activating group) is 1. The lowest BCUT2D eigenvalue weighted by atomic mass is 10.3. The number of carbonyl (C=O) groups excluding carboxylic acids is 1. The monoisotopic (exact) mass is 334 g/mol. The van der Waals surface area contributed by atoms with E-state index >= 15 is 0 Å². The van der Waals surface area contributed by atoms with Gasteiger partial charge in [-0.25, -0.2) is 0 Å². The van der Waals surface area contributed by atoms with Crippen LogP contribution in [0, 0.1) is 0 Å². The summed E-state index contributed by atoms with van der Waals surface area (Å²) < 4.78 is 0. The lowest BCUT2D eigenvalue weighted by Crippen LogP contribution is -2.31. The summed E-state index contributed by atoms with van der Waals surface area (Å²) in [5, 5.41) is 3.06. The summed E-state index contributed by atoms with van der Waals surface area (Å²) in [6.07, 6.45) is 1.86. The Balaban J connectivity index is 1.99. The fourth-order valence-electron chi connectivity index (χ4n) is 2.08. The Bertz CT molecular complexity index is 723. The van der Waals surface area contributed by atoms with E-state index in [1.165, 1.54) is 4.90 Å². The molecule has 0 unspecified atom stereocenters. The predicted octanol–water partition coefficient (Wildman–Crippen LogP) is 4.01. The molecule has 3 nitrogen and oxygen atoms in total. The molecule has 3 rings (SSSR count). The van der Waals surface area contributed by atoms with Gasteiger partial charge in [0, 0.05) is 16.9 Å². The number of rotatable bonds is 2. The van der Waals surface area contributed by atoms with Crippen LogP contribution < -0.4 is 4.90 Å². The van der Waals surface area contributed by atoms with Gasteiger partial charge in [0.1, 0.15) is 5.70 Å². The minimum absolute atomic E-state index is 0.127. The van der Waals surface area contributed by atoms with E-state index in [9.17, 15) is 4.79 Å². The van der Waals surface area contributed by atoms with Crippen LogP contribution in [0.25, 0.3) is 6.08 Å². The van der Waals surface area contributed by atoms with Crippen LogP contribution in [0.5, 0.6) is 0 Å². The molecular weight excluding hydrogens is 324 g/mol. The van der Waals surface area contributed by atoms with Crippen LogP contribution in [0.1, 0.15) is 4.88 Å². The van der Waals surface area contributed by atoms with Gasteiger partial charge in [0.25, 0.3) is 5.91 Å². The number of anilines is 1. The molecule has 21 heavy (non-hydrogen) atoms. The molecule has 1 amide bonds. The molecule has 1 aromatic heterocycles. The van der Waals surface area contributed by atoms with Crippen molar-refractivity contribution in [2.45, 2.75) is 0 Å². The molecule has 1 aliphatic rings. The second kappa shape index (κ2) is 5.60. The van der Waals surface area contributed by atoms with E-state index in [1.807, 2.05) is 23.6 Å². The van der Waals surface area contributed by atoms with Crippen molar-refractivity contribution in [3.63, 3.8) is 0 Å². The van der Waals surface area contributed by atoms with Crippen molar-refractivity contribution in [1.29, 1.82) is 0 Å². The summed E-state index contributed by atoms with van der Waals surface area (Å²) in [6.45, 7) is 0. The summed E-state index contributed by atoms with van der Waals surface area (Å²) in [6, 6.07) is 11.0. The third kappa shape index (κ3) is 2.60. The first-order valence-corrected chi connectivity index (χ1v) is 7.87. The zero-order valence-electron chi connectivity index (χ0n) is 11.1. The summed E-state index contributed by atoms with van der Waals surface area (Å²) >= 11 is 12.9. The molecule has 0 atom stereocenters. The number of thiocarbonyl (C=S) groups is 1. The van der Waals surface area contributed by atoms with Gasteiger partial charge in [-0.1, -0.05) is 17.7 Å². The maximum absolute atomic E-state index is 12.6. The maximum Gasteiger partial charge on any atom is 0.281 e. The quantitative estimate of drug-likeness (QED) is 0.612. The van der Waals surface area contributed by atoms with Crippen LogP contribution in [0.2, 0.25) is 5.02 Å². The standard InChI is InChI=1S/C15H11ClN2OS2/c1-17-13(9-12-3-2-8-21-12)14(19)18(15(17)20)11-6-4-10(16)5-7-11/h2-9H,1H3. The number of benzene rings is 1. The number of amides is 1. The summed E-state index contributed by atoms with van der Waals surface area (Å²) in [4.78, 5) is 16.9. The van der Waals surface area contributed by atoms with Crippen LogP contribution in [0.3, 0.4) is 0 Å². The molecule has 0 spiro atoms. The maximum atomic E-state index is 12.6. The first kappa shape index (κ1) is 14.3.